The number of fused-ring (bicyclic) bond motifs is 7. The Bertz CT molecular complexity index is 4300. The largest absolute Gasteiger partial charge is 0.455 e. The van der Waals surface area contributed by atoms with E-state index in [-0.39, 0.29) is 28.4 Å². The Morgan fingerprint density at radius 3 is 1.54 bits per heavy atom. The highest BCUT2D eigenvalue weighted by Gasteiger charge is 2.46. The van der Waals surface area contributed by atoms with Gasteiger partial charge in [-0.15, -0.1) is 0 Å². The van der Waals surface area contributed by atoms with Gasteiger partial charge in [0.15, 0.2) is 0 Å². The van der Waals surface area contributed by atoms with Crippen LogP contribution in [0.25, 0.3) is 44.2 Å². The first kappa shape index (κ1) is 53.8. The number of para-hydroxylation sites is 2. The Morgan fingerprint density at radius 2 is 0.904 bits per heavy atom. The summed E-state index contributed by atoms with van der Waals surface area (Å²) in [5.74, 6) is 0. The third-order valence-corrected chi connectivity index (χ3v) is 17.8. The summed E-state index contributed by atoms with van der Waals surface area (Å²) in [4.78, 5) is 7.70. The van der Waals surface area contributed by atoms with Gasteiger partial charge in [0, 0.05) is 67.5 Å². The van der Waals surface area contributed by atoms with E-state index in [1.807, 2.05) is 0 Å². The van der Waals surface area contributed by atoms with Crippen LogP contribution in [0.5, 0.6) is 0 Å². The minimum atomic E-state index is -0.194. The van der Waals surface area contributed by atoms with Crippen molar-refractivity contribution < 1.29 is 4.42 Å². The molecule has 2 aliphatic rings. The SMILES string of the molecule is Cc1c(C(C)(C)C)ccc2c1N(c1ccc(C(C)(C)C)cc1)c1c(C)c(C(C)(C)C)cc3c1B2c1ccc(N(c2ccc(-c4ccccc4)cc2)c2ccc(C(C)(C)C)cc2)cc1N3c1ccc(-c2cccc3c2oc2ccccc23)cc1. The Morgan fingerprint density at radius 1 is 0.386 bits per heavy atom. The van der Waals surface area contributed by atoms with Crippen molar-refractivity contribution in [1.29, 1.82) is 0 Å². The average molecular weight is 1080 g/mol. The van der Waals surface area contributed by atoms with E-state index in [4.69, 9.17) is 4.42 Å². The lowest BCUT2D eigenvalue weighted by Gasteiger charge is -2.47. The van der Waals surface area contributed by atoms with Gasteiger partial charge in [-0.3, -0.25) is 0 Å². The molecule has 0 saturated carbocycles. The third-order valence-electron chi connectivity index (χ3n) is 17.8. The molecular weight excluding hydrogens is 1010 g/mol. The van der Waals surface area contributed by atoms with Gasteiger partial charge < -0.3 is 19.1 Å². The molecule has 0 N–H and O–H groups in total. The molecule has 0 spiro atoms. The molecule has 0 fully saturated rings. The van der Waals surface area contributed by atoms with Crippen molar-refractivity contribution in [3.05, 3.63) is 240 Å². The number of furan rings is 1. The maximum atomic E-state index is 6.65. The number of hydrogen-bond acceptors (Lipinski definition) is 4. The van der Waals surface area contributed by atoms with E-state index in [1.54, 1.807) is 0 Å². The molecule has 83 heavy (non-hydrogen) atoms. The molecule has 11 aromatic rings. The molecule has 0 atom stereocenters. The zero-order chi connectivity index (χ0) is 58.1. The van der Waals surface area contributed by atoms with Crippen LogP contribution in [0.3, 0.4) is 0 Å². The molecule has 412 valence electrons. The molecule has 10 aromatic carbocycles. The lowest BCUT2D eigenvalue weighted by Crippen LogP contribution is -2.62. The molecule has 5 heteroatoms. The highest BCUT2D eigenvalue weighted by Crippen LogP contribution is 2.51. The average Bonchev–Trinajstić information content (AvgIpc) is 1.43. The number of benzene rings is 10. The van der Waals surface area contributed by atoms with Gasteiger partial charge in [0.1, 0.15) is 11.2 Å². The highest BCUT2D eigenvalue weighted by molar-refractivity contribution is 7.00. The van der Waals surface area contributed by atoms with Crippen LogP contribution in [0.4, 0.5) is 51.2 Å². The molecule has 0 saturated heterocycles. The van der Waals surface area contributed by atoms with Crippen LogP contribution in [0.1, 0.15) is 116 Å². The topological polar surface area (TPSA) is 22.9 Å². The van der Waals surface area contributed by atoms with Crippen LogP contribution in [0.15, 0.2) is 211 Å². The van der Waals surface area contributed by atoms with E-state index in [2.05, 4.69) is 318 Å². The standard InChI is InChI=1S/C78H76BN3O/c1-49-64(77(9,10)11)44-46-67-72(49)82(59-41-33-55(34-42-59)76(6,7)8)73-50(2)65(78(12,13)14)48-69-71(73)79(67)66-45-43-60(80(57-39-31-54(32-40-57)75(3,4)5)56-35-27-52(28-36-56)51-21-16-15-17-22-51)47-68(66)81(69)58-37-29-53(30-38-58)61-24-20-25-63-62-23-18-19-26-70(62)83-74(61)63/h15-48H,1-14H3. The number of hydrogen-bond donors (Lipinski definition) is 0. The summed E-state index contributed by atoms with van der Waals surface area (Å²) in [7, 11) is 0. The molecule has 4 nitrogen and oxygen atoms in total. The smallest absolute Gasteiger partial charge is 0.252 e. The Kier molecular flexibility index (Phi) is 12.7. The summed E-state index contributed by atoms with van der Waals surface area (Å²) in [6.45, 7) is 32.7. The van der Waals surface area contributed by atoms with Crippen molar-refractivity contribution in [2.24, 2.45) is 0 Å². The van der Waals surface area contributed by atoms with Gasteiger partial charge in [0.05, 0.1) is 0 Å². The predicted octanol–water partition coefficient (Wildman–Crippen LogP) is 20.3. The lowest BCUT2D eigenvalue weighted by atomic mass is 9.33. The quantitative estimate of drug-likeness (QED) is 0.148. The molecule has 0 unspecified atom stereocenters. The van der Waals surface area contributed by atoms with E-state index < -0.39 is 0 Å². The second-order valence-electron chi connectivity index (χ2n) is 27.5. The zero-order valence-corrected chi connectivity index (χ0v) is 51.0. The van der Waals surface area contributed by atoms with Crippen LogP contribution >= 0.6 is 0 Å². The van der Waals surface area contributed by atoms with Gasteiger partial charge >= 0.3 is 0 Å². The Labute approximate surface area is 493 Å². The Balaban J connectivity index is 1.09. The highest BCUT2D eigenvalue weighted by atomic mass is 16.3. The molecule has 13 rings (SSSR count). The van der Waals surface area contributed by atoms with Gasteiger partial charge in [0.2, 0.25) is 0 Å². The number of rotatable bonds is 7. The number of nitrogens with zero attached hydrogens (tertiary/aromatic N) is 3. The monoisotopic (exact) mass is 1080 g/mol. The van der Waals surface area contributed by atoms with Crippen LogP contribution < -0.4 is 31.1 Å². The van der Waals surface area contributed by atoms with Gasteiger partial charge in [-0.25, -0.2) is 0 Å². The molecule has 2 aliphatic heterocycles. The summed E-state index contributed by atoms with van der Waals surface area (Å²) >= 11 is 0. The first-order chi connectivity index (χ1) is 39.5. The fourth-order valence-corrected chi connectivity index (χ4v) is 13.6. The van der Waals surface area contributed by atoms with Crippen LogP contribution in [-0.4, -0.2) is 6.71 Å². The molecule has 3 heterocycles. The van der Waals surface area contributed by atoms with Crippen LogP contribution in [0, 0.1) is 13.8 Å². The second-order valence-corrected chi connectivity index (χ2v) is 27.5. The van der Waals surface area contributed by atoms with Gasteiger partial charge in [-0.1, -0.05) is 217 Å². The van der Waals surface area contributed by atoms with Crippen molar-refractivity contribution in [3.8, 4) is 22.3 Å². The van der Waals surface area contributed by atoms with Crippen LogP contribution in [-0.2, 0) is 21.7 Å². The molecule has 0 aliphatic carbocycles. The van der Waals surface area contributed by atoms with E-state index in [1.165, 1.54) is 83.6 Å². The fraction of sp³-hybridized carbons (Fsp3) is 0.231. The summed E-state index contributed by atoms with van der Waals surface area (Å²) in [5, 5.41) is 2.26. The third kappa shape index (κ3) is 9.15. The van der Waals surface area contributed by atoms with Crippen molar-refractivity contribution in [2.45, 2.75) is 119 Å². The maximum absolute atomic E-state index is 6.65. The molecule has 0 bridgehead atoms. The predicted molar refractivity (Wildman–Crippen MR) is 358 cm³/mol. The minimum Gasteiger partial charge on any atom is -0.455 e. The zero-order valence-electron chi connectivity index (χ0n) is 51.0. The van der Waals surface area contributed by atoms with Gasteiger partial charge in [0.25, 0.3) is 6.71 Å². The van der Waals surface area contributed by atoms with E-state index >= 15 is 0 Å². The fourth-order valence-electron chi connectivity index (χ4n) is 13.6. The summed E-state index contributed by atoms with van der Waals surface area (Å²) in [5.41, 5.74) is 28.4. The maximum Gasteiger partial charge on any atom is 0.252 e. The first-order valence-corrected chi connectivity index (χ1v) is 29.8. The summed E-state index contributed by atoms with van der Waals surface area (Å²) < 4.78 is 6.65. The molecular formula is C78H76BN3O. The molecule has 0 radical (unpaired) electrons. The summed E-state index contributed by atoms with van der Waals surface area (Å²) in [6, 6.07) is 77.4. The summed E-state index contributed by atoms with van der Waals surface area (Å²) in [6.07, 6.45) is 0. The normalized spacial score (nSPS) is 13.3. The van der Waals surface area contributed by atoms with Gasteiger partial charge in [-0.2, -0.15) is 0 Å². The first-order valence-electron chi connectivity index (χ1n) is 29.8. The van der Waals surface area contributed by atoms with Gasteiger partial charge in [-0.05, 0) is 175 Å². The Hall–Kier alpha value is -8.54. The number of anilines is 9. The van der Waals surface area contributed by atoms with Crippen molar-refractivity contribution in [3.63, 3.8) is 0 Å². The lowest BCUT2D eigenvalue weighted by molar-refractivity contribution is 0.586. The van der Waals surface area contributed by atoms with Crippen molar-refractivity contribution >= 4 is 96.2 Å². The van der Waals surface area contributed by atoms with Crippen molar-refractivity contribution in [1.82, 2.24) is 0 Å². The second kappa shape index (κ2) is 19.6. The van der Waals surface area contributed by atoms with Crippen molar-refractivity contribution in [2.75, 3.05) is 14.7 Å². The van der Waals surface area contributed by atoms with E-state index in [0.29, 0.717) is 0 Å². The van der Waals surface area contributed by atoms with E-state index in [0.717, 1.165) is 61.5 Å². The molecule has 1 aromatic heterocycles. The minimum absolute atomic E-state index is 0.00535. The molecule has 0 amide bonds. The van der Waals surface area contributed by atoms with E-state index in [9.17, 15) is 0 Å². The van der Waals surface area contributed by atoms with Crippen LogP contribution in [0.2, 0.25) is 0 Å².